The molecule has 9 heteroatoms. The molecule has 0 aliphatic heterocycles. The number of carbonyl (C=O) groups excluding carboxylic acids is 1. The number of allylic oxidation sites excluding steroid dienone is 1. The fraction of sp³-hybridized carbons (Fsp3) is 0.750. The van der Waals surface area contributed by atoms with Crippen molar-refractivity contribution in [2.75, 3.05) is 0 Å². The predicted octanol–water partition coefficient (Wildman–Crippen LogP) is 2.64. The first-order chi connectivity index (χ1) is 9.40. The Balaban J connectivity index is 3.14. The Morgan fingerprint density at radius 2 is 1.76 bits per heavy atom. The molecule has 122 valence electrons. The molecule has 1 rings (SSSR count). The van der Waals surface area contributed by atoms with E-state index in [0.717, 1.165) is 0 Å². The van der Waals surface area contributed by atoms with Gasteiger partial charge in [-0.25, -0.2) is 0 Å². The lowest BCUT2D eigenvalue weighted by atomic mass is 9.88. The zero-order chi connectivity index (χ0) is 16.5. The fourth-order valence-electron chi connectivity index (χ4n) is 2.00. The predicted molar refractivity (Wildman–Crippen MR) is 56.9 cm³/mol. The first-order valence-corrected chi connectivity index (χ1v) is 6.14. The quantitative estimate of drug-likeness (QED) is 0.456. The van der Waals surface area contributed by atoms with Gasteiger partial charge in [-0.3, -0.25) is 4.79 Å². The van der Waals surface area contributed by atoms with E-state index in [1.165, 1.54) is 19.1 Å². The standard InChI is InChI=1S/C12H13F6O3/c1-2-9(6-4-3-5-7-9)21-8(19)10(20,11(13,14)15)12(16,17)18/h4,6H,2-3,5,7H2,1H3/q-1. The maximum absolute atomic E-state index is 12.5. The highest BCUT2D eigenvalue weighted by molar-refractivity contribution is 5.81. The van der Waals surface area contributed by atoms with Crippen LogP contribution in [0.25, 0.3) is 0 Å². The summed E-state index contributed by atoms with van der Waals surface area (Å²) in [6, 6.07) is 0. The Labute approximate surface area is 116 Å². The van der Waals surface area contributed by atoms with Gasteiger partial charge in [0.2, 0.25) is 0 Å². The molecule has 21 heavy (non-hydrogen) atoms. The summed E-state index contributed by atoms with van der Waals surface area (Å²) in [5.74, 6) is -2.86. The first kappa shape index (κ1) is 17.8. The molecule has 1 unspecified atom stereocenters. The van der Waals surface area contributed by atoms with E-state index >= 15 is 0 Å². The van der Waals surface area contributed by atoms with Crippen molar-refractivity contribution in [3.63, 3.8) is 0 Å². The molecule has 0 heterocycles. The van der Waals surface area contributed by atoms with E-state index in [1.807, 2.05) is 0 Å². The van der Waals surface area contributed by atoms with Crippen molar-refractivity contribution in [1.29, 1.82) is 0 Å². The minimum absolute atomic E-state index is 0.0268. The van der Waals surface area contributed by atoms with Crippen molar-refractivity contribution in [2.45, 2.75) is 56.2 Å². The molecule has 0 bridgehead atoms. The summed E-state index contributed by atoms with van der Waals surface area (Å²) in [6.07, 6.45) is -8.90. The van der Waals surface area contributed by atoms with Crippen LogP contribution in [-0.4, -0.2) is 29.5 Å². The fourth-order valence-corrected chi connectivity index (χ4v) is 2.00. The number of hydrogen-bond donors (Lipinski definition) is 0. The second-order valence-electron chi connectivity index (χ2n) is 4.78. The SMILES string of the molecule is CCC1(OC(=O)C([O-])(C(F)(F)F)C(F)(F)F)C=CCCC1. The molecule has 0 fully saturated rings. The van der Waals surface area contributed by atoms with Crippen LogP contribution < -0.4 is 5.11 Å². The van der Waals surface area contributed by atoms with Crippen molar-refractivity contribution in [2.24, 2.45) is 0 Å². The highest BCUT2D eigenvalue weighted by Crippen LogP contribution is 2.43. The summed E-state index contributed by atoms with van der Waals surface area (Å²) in [5, 5.41) is 11.2. The van der Waals surface area contributed by atoms with Crippen molar-refractivity contribution in [1.82, 2.24) is 0 Å². The normalized spacial score (nSPS) is 24.0. The van der Waals surface area contributed by atoms with E-state index in [2.05, 4.69) is 4.74 Å². The molecular weight excluding hydrogens is 306 g/mol. The van der Waals surface area contributed by atoms with Crippen LogP contribution in [0.1, 0.15) is 32.6 Å². The number of rotatable bonds is 3. The molecule has 0 saturated carbocycles. The smallest absolute Gasteiger partial charge is 0.399 e. The van der Waals surface area contributed by atoms with Crippen LogP contribution in [0.2, 0.25) is 0 Å². The van der Waals surface area contributed by atoms with Crippen LogP contribution in [0.5, 0.6) is 0 Å². The summed E-state index contributed by atoms with van der Waals surface area (Å²) in [7, 11) is 0. The number of ether oxygens (including phenoxy) is 1. The summed E-state index contributed by atoms with van der Waals surface area (Å²) < 4.78 is 79.3. The van der Waals surface area contributed by atoms with Gasteiger partial charge in [0.25, 0.3) is 0 Å². The van der Waals surface area contributed by atoms with Gasteiger partial charge >= 0.3 is 18.3 Å². The topological polar surface area (TPSA) is 49.4 Å². The largest absolute Gasteiger partial charge is 0.828 e. The van der Waals surface area contributed by atoms with Crippen molar-refractivity contribution >= 4 is 5.97 Å². The van der Waals surface area contributed by atoms with E-state index in [-0.39, 0.29) is 12.8 Å². The lowest BCUT2D eigenvalue weighted by Gasteiger charge is -2.43. The van der Waals surface area contributed by atoms with Gasteiger partial charge in [0.15, 0.2) is 5.60 Å². The molecule has 1 aliphatic carbocycles. The van der Waals surface area contributed by atoms with E-state index < -0.39 is 29.5 Å². The lowest BCUT2D eigenvalue weighted by molar-refractivity contribution is -0.575. The van der Waals surface area contributed by atoms with Crippen LogP contribution in [0.15, 0.2) is 12.2 Å². The van der Waals surface area contributed by atoms with Crippen LogP contribution in [0.3, 0.4) is 0 Å². The molecule has 0 aromatic heterocycles. The molecule has 0 amide bonds. The number of alkyl halides is 6. The number of hydrogen-bond acceptors (Lipinski definition) is 3. The summed E-state index contributed by atoms with van der Waals surface area (Å²) in [4.78, 5) is 11.4. The Bertz CT molecular complexity index is 412. The third-order valence-electron chi connectivity index (χ3n) is 3.37. The summed E-state index contributed by atoms with van der Waals surface area (Å²) >= 11 is 0. The number of esters is 1. The van der Waals surface area contributed by atoms with Gasteiger partial charge in [0.1, 0.15) is 5.60 Å². The van der Waals surface area contributed by atoms with Crippen molar-refractivity contribution < 1.29 is 41.0 Å². The van der Waals surface area contributed by atoms with Crippen LogP contribution in [0.4, 0.5) is 26.3 Å². The third-order valence-corrected chi connectivity index (χ3v) is 3.37. The summed E-state index contributed by atoms with van der Waals surface area (Å²) in [5.41, 5.74) is -7.38. The molecule has 0 aromatic carbocycles. The van der Waals surface area contributed by atoms with Gasteiger partial charge in [-0.15, -0.1) is 0 Å². The van der Waals surface area contributed by atoms with E-state index in [0.29, 0.717) is 12.8 Å². The van der Waals surface area contributed by atoms with E-state index in [9.17, 15) is 36.2 Å². The Kier molecular flexibility index (Phi) is 4.67. The number of halogens is 6. The van der Waals surface area contributed by atoms with Crippen LogP contribution in [0, 0.1) is 0 Å². The molecule has 0 aromatic rings. The monoisotopic (exact) mass is 319 g/mol. The molecule has 0 saturated heterocycles. The van der Waals surface area contributed by atoms with Crippen molar-refractivity contribution in [3.8, 4) is 0 Å². The van der Waals surface area contributed by atoms with Gasteiger partial charge in [-0.2, -0.15) is 26.3 Å². The second kappa shape index (κ2) is 5.51. The molecule has 0 N–H and O–H groups in total. The van der Waals surface area contributed by atoms with Gasteiger partial charge in [0.05, 0.1) is 0 Å². The Hall–Kier alpha value is -1.25. The first-order valence-electron chi connectivity index (χ1n) is 6.14. The van der Waals surface area contributed by atoms with Gasteiger partial charge in [0, 0.05) is 0 Å². The van der Waals surface area contributed by atoms with Gasteiger partial charge < -0.3 is 9.84 Å². The molecule has 1 aliphatic rings. The van der Waals surface area contributed by atoms with Gasteiger partial charge in [-0.05, 0) is 31.8 Å². The highest BCUT2D eigenvalue weighted by atomic mass is 19.4. The molecule has 0 radical (unpaired) electrons. The lowest BCUT2D eigenvalue weighted by Crippen LogP contribution is -2.72. The number of carbonyl (C=O) groups is 1. The average Bonchev–Trinajstić information content (AvgIpc) is 2.36. The Morgan fingerprint density at radius 3 is 2.10 bits per heavy atom. The maximum atomic E-state index is 12.5. The van der Waals surface area contributed by atoms with Crippen LogP contribution in [-0.2, 0) is 9.53 Å². The zero-order valence-corrected chi connectivity index (χ0v) is 11.0. The minimum Gasteiger partial charge on any atom is -0.828 e. The Morgan fingerprint density at radius 1 is 1.24 bits per heavy atom. The molecule has 0 spiro atoms. The van der Waals surface area contributed by atoms with Crippen molar-refractivity contribution in [3.05, 3.63) is 12.2 Å². The highest BCUT2D eigenvalue weighted by Gasteiger charge is 2.68. The molecule has 1 atom stereocenters. The zero-order valence-electron chi connectivity index (χ0n) is 11.0. The third kappa shape index (κ3) is 3.17. The minimum atomic E-state index is -6.34. The average molecular weight is 319 g/mol. The van der Waals surface area contributed by atoms with E-state index in [4.69, 9.17) is 0 Å². The molecular formula is C12H13F6O3-. The van der Waals surface area contributed by atoms with E-state index in [1.54, 1.807) is 0 Å². The molecule has 3 nitrogen and oxygen atoms in total. The maximum Gasteiger partial charge on any atom is 0.399 e. The second-order valence-corrected chi connectivity index (χ2v) is 4.78. The summed E-state index contributed by atoms with van der Waals surface area (Å²) in [6.45, 7) is 1.44. The van der Waals surface area contributed by atoms with Crippen LogP contribution >= 0.6 is 0 Å². The van der Waals surface area contributed by atoms with Gasteiger partial charge in [-0.1, -0.05) is 13.0 Å².